The molecule has 1 atom stereocenters. The number of carbonyl (C=O) groups excluding carboxylic acids is 3. The van der Waals surface area contributed by atoms with Crippen LogP contribution >= 0.6 is 0 Å². The molecule has 3 aromatic carbocycles. The van der Waals surface area contributed by atoms with Crippen molar-refractivity contribution in [2.45, 2.75) is 13.0 Å². The zero-order valence-corrected chi connectivity index (χ0v) is 23.5. The summed E-state index contributed by atoms with van der Waals surface area (Å²) in [4.78, 5) is 53.6. The number of hydrogen-bond acceptors (Lipinski definition) is 7. The number of rotatable bonds is 11. The summed E-state index contributed by atoms with van der Waals surface area (Å²) >= 11 is 0. The largest absolute Gasteiger partial charge is 0.497 e. The molecular formula is C33H27FN2O7. The van der Waals surface area contributed by atoms with Crippen molar-refractivity contribution in [3.05, 3.63) is 119 Å². The van der Waals surface area contributed by atoms with E-state index in [1.54, 1.807) is 49.4 Å². The van der Waals surface area contributed by atoms with Crippen LogP contribution in [-0.4, -0.2) is 59.6 Å². The molecule has 0 aliphatic rings. The molecular weight excluding hydrogens is 555 g/mol. The lowest BCUT2D eigenvalue weighted by Crippen LogP contribution is -2.34. The first kappa shape index (κ1) is 30.3. The van der Waals surface area contributed by atoms with Gasteiger partial charge in [-0.1, -0.05) is 24.8 Å². The summed E-state index contributed by atoms with van der Waals surface area (Å²) in [6.07, 6.45) is 5.91. The standard InChI is InChI=1S/C33H27FN2O7/c1-19(36(3)32(39)27-15-24(33(40)41)7-8-25(27)17-37)13-23(6-5-20(2)42-4)31-35-29-16-22(10-12-30(29)43-31)21-9-11-28(34)26(14-21)18-38/h5-19H,2H2,1,3-4H3,(H,40,41)/b6-5-,23-13+. The van der Waals surface area contributed by atoms with Crippen LogP contribution < -0.4 is 0 Å². The summed E-state index contributed by atoms with van der Waals surface area (Å²) < 4.78 is 25.0. The van der Waals surface area contributed by atoms with Crippen molar-refractivity contribution in [3.63, 3.8) is 0 Å². The molecule has 9 nitrogen and oxygen atoms in total. The third-order valence-corrected chi connectivity index (χ3v) is 6.81. The third-order valence-electron chi connectivity index (χ3n) is 6.81. The lowest BCUT2D eigenvalue weighted by Gasteiger charge is -2.24. The van der Waals surface area contributed by atoms with Gasteiger partial charge < -0.3 is 19.2 Å². The Balaban J connectivity index is 1.72. The Morgan fingerprint density at radius 3 is 2.40 bits per heavy atom. The van der Waals surface area contributed by atoms with Gasteiger partial charge in [-0.05, 0) is 72.7 Å². The minimum Gasteiger partial charge on any atom is -0.497 e. The molecule has 1 heterocycles. The van der Waals surface area contributed by atoms with Gasteiger partial charge in [0.15, 0.2) is 18.2 Å². The maximum absolute atomic E-state index is 13.8. The van der Waals surface area contributed by atoms with E-state index in [4.69, 9.17) is 9.15 Å². The fourth-order valence-electron chi connectivity index (χ4n) is 4.22. The van der Waals surface area contributed by atoms with Crippen molar-refractivity contribution in [2.75, 3.05) is 14.2 Å². The van der Waals surface area contributed by atoms with Crippen LogP contribution in [-0.2, 0) is 4.74 Å². The molecule has 218 valence electrons. The third kappa shape index (κ3) is 6.65. The van der Waals surface area contributed by atoms with E-state index < -0.39 is 23.7 Å². The number of likely N-dealkylation sites (N-methyl/N-ethyl adjacent to an activating group) is 1. The van der Waals surface area contributed by atoms with Crippen molar-refractivity contribution >= 4 is 41.1 Å². The van der Waals surface area contributed by atoms with Gasteiger partial charge in [0.05, 0.1) is 23.8 Å². The molecule has 0 spiro atoms. The summed E-state index contributed by atoms with van der Waals surface area (Å²) in [5, 5.41) is 9.35. The van der Waals surface area contributed by atoms with E-state index >= 15 is 0 Å². The monoisotopic (exact) mass is 582 g/mol. The maximum atomic E-state index is 13.8. The second kappa shape index (κ2) is 12.9. The van der Waals surface area contributed by atoms with Crippen molar-refractivity contribution in [1.82, 2.24) is 9.88 Å². The normalized spacial score (nSPS) is 12.2. The average Bonchev–Trinajstić information content (AvgIpc) is 3.45. The number of benzene rings is 3. The Kier molecular flexibility index (Phi) is 9.10. The second-order valence-electron chi connectivity index (χ2n) is 9.56. The number of carboxylic acids is 1. The van der Waals surface area contributed by atoms with Gasteiger partial charge in [-0.3, -0.25) is 14.4 Å². The van der Waals surface area contributed by atoms with E-state index in [1.807, 2.05) is 0 Å². The second-order valence-corrected chi connectivity index (χ2v) is 9.56. The lowest BCUT2D eigenvalue weighted by atomic mass is 10.0. The van der Waals surface area contributed by atoms with Gasteiger partial charge in [-0.2, -0.15) is 0 Å². The summed E-state index contributed by atoms with van der Waals surface area (Å²) in [7, 11) is 2.99. The highest BCUT2D eigenvalue weighted by Gasteiger charge is 2.22. The van der Waals surface area contributed by atoms with E-state index in [1.165, 1.54) is 49.4 Å². The molecule has 0 aliphatic heterocycles. The van der Waals surface area contributed by atoms with Crippen molar-refractivity contribution in [1.29, 1.82) is 0 Å². The molecule has 4 rings (SSSR count). The molecule has 0 radical (unpaired) electrons. The molecule has 4 aromatic rings. The van der Waals surface area contributed by atoms with Crippen LogP contribution in [0.2, 0.25) is 0 Å². The van der Waals surface area contributed by atoms with E-state index in [9.17, 15) is 28.7 Å². The number of fused-ring (bicyclic) bond motifs is 1. The molecule has 0 aliphatic carbocycles. The van der Waals surface area contributed by atoms with Crippen LogP contribution in [0.4, 0.5) is 4.39 Å². The van der Waals surface area contributed by atoms with Crippen LogP contribution in [0.3, 0.4) is 0 Å². The fraction of sp³-hybridized carbons (Fsp3) is 0.121. The zero-order chi connectivity index (χ0) is 31.3. The first-order chi connectivity index (χ1) is 20.6. The number of aromatic nitrogens is 1. The molecule has 1 amide bonds. The van der Waals surface area contributed by atoms with E-state index in [0.717, 1.165) is 0 Å². The Hall–Kier alpha value is -5.64. The van der Waals surface area contributed by atoms with Gasteiger partial charge in [-0.25, -0.2) is 14.2 Å². The van der Waals surface area contributed by atoms with Gasteiger partial charge in [-0.15, -0.1) is 0 Å². The van der Waals surface area contributed by atoms with E-state index in [-0.39, 0.29) is 28.1 Å². The Bertz CT molecular complexity index is 1820. The molecule has 1 N–H and O–H groups in total. The topological polar surface area (TPSA) is 127 Å². The lowest BCUT2D eigenvalue weighted by molar-refractivity contribution is 0.0696. The van der Waals surface area contributed by atoms with Crippen molar-refractivity contribution in [2.24, 2.45) is 0 Å². The van der Waals surface area contributed by atoms with Gasteiger partial charge >= 0.3 is 5.97 Å². The smallest absolute Gasteiger partial charge is 0.335 e. The number of allylic oxidation sites excluding steroid dienone is 3. The number of ether oxygens (including phenoxy) is 1. The summed E-state index contributed by atoms with van der Waals surface area (Å²) in [5.41, 5.74) is 2.57. The van der Waals surface area contributed by atoms with Gasteiger partial charge in [0.1, 0.15) is 17.1 Å². The number of halogens is 1. The number of nitrogens with zero attached hydrogens (tertiary/aromatic N) is 2. The zero-order valence-electron chi connectivity index (χ0n) is 23.5. The molecule has 0 bridgehead atoms. The van der Waals surface area contributed by atoms with Gasteiger partial charge in [0.2, 0.25) is 5.89 Å². The minimum absolute atomic E-state index is 0.0459. The summed E-state index contributed by atoms with van der Waals surface area (Å²) in [6, 6.07) is 12.6. The van der Waals surface area contributed by atoms with Crippen LogP contribution in [0, 0.1) is 5.82 Å². The predicted molar refractivity (Wildman–Crippen MR) is 158 cm³/mol. The minimum atomic E-state index is -1.23. The predicted octanol–water partition coefficient (Wildman–Crippen LogP) is 6.22. The Labute approximate surface area is 246 Å². The highest BCUT2D eigenvalue weighted by Crippen LogP contribution is 2.29. The molecule has 1 aromatic heterocycles. The number of carbonyl (C=O) groups is 4. The number of aldehydes is 2. The number of aromatic carboxylic acids is 1. The van der Waals surface area contributed by atoms with Crippen LogP contribution in [0.15, 0.2) is 89.6 Å². The van der Waals surface area contributed by atoms with Crippen molar-refractivity contribution < 1.29 is 37.8 Å². The molecule has 0 saturated heterocycles. The first-order valence-electron chi connectivity index (χ1n) is 12.9. The van der Waals surface area contributed by atoms with Gasteiger partial charge in [0.25, 0.3) is 5.91 Å². The number of hydrogen-bond donors (Lipinski definition) is 1. The quantitative estimate of drug-likeness (QED) is 0.126. The molecule has 10 heteroatoms. The number of oxazole rings is 1. The Morgan fingerprint density at radius 2 is 1.72 bits per heavy atom. The molecule has 0 fully saturated rings. The SMILES string of the molecule is C=C(/C=C\C(=C/C(C)N(C)C(=O)c1cc(C(=O)O)ccc1C=O)c1nc2cc(-c3ccc(F)c(C=O)c3)ccc2o1)OC. The maximum Gasteiger partial charge on any atom is 0.335 e. The van der Waals surface area contributed by atoms with Crippen molar-refractivity contribution in [3.8, 4) is 11.1 Å². The highest BCUT2D eigenvalue weighted by molar-refractivity contribution is 6.03. The first-order valence-corrected chi connectivity index (χ1v) is 12.9. The summed E-state index contributed by atoms with van der Waals surface area (Å²) in [5.74, 6) is -1.83. The number of carboxylic acid groups (broad SMARTS) is 1. The fourth-order valence-corrected chi connectivity index (χ4v) is 4.22. The molecule has 0 saturated carbocycles. The van der Waals surface area contributed by atoms with Crippen LogP contribution in [0.5, 0.6) is 0 Å². The van der Waals surface area contributed by atoms with E-state index in [0.29, 0.717) is 46.1 Å². The number of methoxy groups -OCH3 is 1. The molecule has 43 heavy (non-hydrogen) atoms. The number of amides is 1. The van der Waals surface area contributed by atoms with Crippen LogP contribution in [0.25, 0.3) is 27.8 Å². The summed E-state index contributed by atoms with van der Waals surface area (Å²) in [6.45, 7) is 5.52. The highest BCUT2D eigenvalue weighted by atomic mass is 19.1. The average molecular weight is 583 g/mol. The van der Waals surface area contributed by atoms with E-state index in [2.05, 4.69) is 11.6 Å². The molecule has 1 unspecified atom stereocenters. The van der Waals surface area contributed by atoms with Crippen LogP contribution in [0.1, 0.15) is 54.2 Å². The van der Waals surface area contributed by atoms with Gasteiger partial charge in [0, 0.05) is 24.2 Å². The Morgan fingerprint density at radius 1 is 1.02 bits per heavy atom.